The first-order chi connectivity index (χ1) is 17.4. The van der Waals surface area contributed by atoms with Gasteiger partial charge in [-0.3, -0.25) is 0 Å². The van der Waals surface area contributed by atoms with E-state index in [0.717, 1.165) is 12.3 Å². The summed E-state index contributed by atoms with van der Waals surface area (Å²) in [5.41, 5.74) is 4.22. The Hall–Kier alpha value is -0.820. The number of benzene rings is 2. The first-order valence-corrected chi connectivity index (χ1v) is 16.5. The van der Waals surface area contributed by atoms with E-state index in [1.807, 2.05) is 0 Å². The predicted molar refractivity (Wildman–Crippen MR) is 164 cm³/mol. The Balaban J connectivity index is 1.75. The van der Waals surface area contributed by atoms with E-state index in [2.05, 4.69) is 127 Å². The molecular weight excluding hydrogens is 506 g/mol. The van der Waals surface area contributed by atoms with Crippen LogP contribution in [-0.2, 0) is 25.8 Å². The summed E-state index contributed by atoms with van der Waals surface area (Å²) in [5.74, 6) is -1.27. The zero-order chi connectivity index (χ0) is 28.0. The third kappa shape index (κ3) is 4.35. The summed E-state index contributed by atoms with van der Waals surface area (Å²) in [6, 6.07) is 18.0. The molecule has 6 rings (SSSR count). The second kappa shape index (κ2) is 8.84. The average Bonchev–Trinajstić information content (AvgIpc) is 2.74. The highest BCUT2D eigenvalue weighted by Crippen LogP contribution is 2.69. The second-order valence-corrected chi connectivity index (χ2v) is 18.9. The zero-order valence-corrected chi connectivity index (χ0v) is 27.2. The summed E-state index contributed by atoms with van der Waals surface area (Å²) < 4.78 is 20.4. The van der Waals surface area contributed by atoms with E-state index in [1.54, 1.807) is 0 Å². The van der Waals surface area contributed by atoms with Gasteiger partial charge in [-0.05, 0) is 72.6 Å². The van der Waals surface area contributed by atoms with Gasteiger partial charge in [0.15, 0.2) is 11.6 Å². The van der Waals surface area contributed by atoms with Crippen molar-refractivity contribution in [1.82, 2.24) is 0 Å². The highest BCUT2D eigenvalue weighted by molar-refractivity contribution is 7.60. The van der Waals surface area contributed by atoms with E-state index < -0.39 is 22.8 Å². The van der Waals surface area contributed by atoms with Gasteiger partial charge in [0, 0.05) is 12.8 Å². The third-order valence-electron chi connectivity index (χ3n) is 9.36. The molecule has 4 bridgehead atoms. The molecule has 38 heavy (non-hydrogen) atoms. The molecule has 0 spiro atoms. The SMILES string of the molecule is CC12CC3(C)OC(C)(CC(C)(O1)C3(CP)c1ccc(-c3ccccc3)cc1CP(C(C)(C)C)C(C)(C)C)O2. The lowest BCUT2D eigenvalue weighted by Gasteiger charge is -2.74. The summed E-state index contributed by atoms with van der Waals surface area (Å²) >= 11 is 0. The molecular formula is C33H48O3P2. The van der Waals surface area contributed by atoms with Crippen molar-refractivity contribution in [3.05, 3.63) is 59.7 Å². The van der Waals surface area contributed by atoms with E-state index in [9.17, 15) is 0 Å². The standard InChI is InChI=1S/C33H48O3P2/c1-27(2,3)38(28(4,5)6)19-25-18-24(23-14-12-11-13-15-23)16-17-26(25)33(22-37)29(7)20-31(9)35-30(33,8)21-32(10,34-29)36-31/h11-18H,19-22,37H2,1-10H3. The van der Waals surface area contributed by atoms with Gasteiger partial charge in [-0.25, -0.2) is 0 Å². The second-order valence-electron chi connectivity index (χ2n) is 14.7. The zero-order valence-electron chi connectivity index (χ0n) is 25.2. The molecule has 4 aliphatic heterocycles. The van der Waals surface area contributed by atoms with Gasteiger partial charge in [0.1, 0.15) is 0 Å². The van der Waals surface area contributed by atoms with Crippen LogP contribution in [0.4, 0.5) is 0 Å². The van der Waals surface area contributed by atoms with Gasteiger partial charge in [0.25, 0.3) is 0 Å². The Kier molecular flexibility index (Phi) is 6.67. The third-order valence-corrected chi connectivity index (χ3v) is 13.9. The minimum Gasteiger partial charge on any atom is -0.343 e. The lowest BCUT2D eigenvalue weighted by molar-refractivity contribution is -0.531. The molecule has 2 aromatic rings. The van der Waals surface area contributed by atoms with Crippen LogP contribution in [-0.4, -0.2) is 39.3 Å². The molecule has 3 nitrogen and oxygen atoms in total. The summed E-state index contributed by atoms with van der Waals surface area (Å²) in [7, 11) is 2.75. The van der Waals surface area contributed by atoms with Crippen LogP contribution in [0.25, 0.3) is 11.1 Å². The number of hydrogen-bond acceptors (Lipinski definition) is 3. The molecule has 4 aliphatic rings. The smallest absolute Gasteiger partial charge is 0.172 e. The topological polar surface area (TPSA) is 27.7 Å². The van der Waals surface area contributed by atoms with Crippen LogP contribution >= 0.6 is 17.2 Å². The highest BCUT2D eigenvalue weighted by Gasteiger charge is 2.77. The summed E-state index contributed by atoms with van der Waals surface area (Å²) in [5, 5.41) is 0.447. The number of hydrogen-bond donors (Lipinski definition) is 0. The van der Waals surface area contributed by atoms with Crippen molar-refractivity contribution in [3.63, 3.8) is 0 Å². The first kappa shape index (κ1) is 28.7. The molecule has 4 saturated heterocycles. The quantitative estimate of drug-likeness (QED) is 0.346. The van der Waals surface area contributed by atoms with Crippen LogP contribution < -0.4 is 0 Å². The van der Waals surface area contributed by atoms with E-state index >= 15 is 0 Å². The minimum absolute atomic E-state index is 0.224. The predicted octanol–water partition coefficient (Wildman–Crippen LogP) is 8.87. The van der Waals surface area contributed by atoms with Gasteiger partial charge in [0.05, 0.1) is 16.6 Å². The molecule has 5 heteroatoms. The Labute approximate surface area is 234 Å². The maximum absolute atomic E-state index is 6.99. The molecule has 0 radical (unpaired) electrons. The first-order valence-electron chi connectivity index (χ1n) is 14.2. The van der Waals surface area contributed by atoms with Crippen molar-refractivity contribution in [2.45, 2.75) is 127 Å². The molecule has 0 aromatic heterocycles. The Morgan fingerprint density at radius 3 is 1.74 bits per heavy atom. The van der Waals surface area contributed by atoms with Crippen LogP contribution in [0.15, 0.2) is 48.5 Å². The van der Waals surface area contributed by atoms with Gasteiger partial charge in [-0.1, -0.05) is 98.0 Å². The van der Waals surface area contributed by atoms with Crippen molar-refractivity contribution in [3.8, 4) is 11.1 Å². The molecule has 5 unspecified atom stereocenters. The van der Waals surface area contributed by atoms with Crippen molar-refractivity contribution in [2.24, 2.45) is 0 Å². The maximum Gasteiger partial charge on any atom is 0.172 e. The van der Waals surface area contributed by atoms with E-state index in [4.69, 9.17) is 14.2 Å². The van der Waals surface area contributed by atoms with Crippen LogP contribution in [0, 0.1) is 0 Å². The Bertz CT molecular complexity index is 1150. The van der Waals surface area contributed by atoms with Gasteiger partial charge in [-0.15, -0.1) is 9.24 Å². The number of rotatable bonds is 5. The largest absolute Gasteiger partial charge is 0.343 e. The molecule has 5 atom stereocenters. The van der Waals surface area contributed by atoms with E-state index in [0.29, 0.717) is 12.8 Å². The van der Waals surface area contributed by atoms with Crippen LogP contribution in [0.2, 0.25) is 0 Å². The molecule has 0 aliphatic carbocycles. The Morgan fingerprint density at radius 1 is 0.737 bits per heavy atom. The molecule has 4 heterocycles. The van der Waals surface area contributed by atoms with Crippen molar-refractivity contribution < 1.29 is 14.2 Å². The molecule has 0 N–H and O–H groups in total. The van der Waals surface area contributed by atoms with Crippen molar-refractivity contribution >= 4 is 17.2 Å². The molecule has 0 amide bonds. The minimum atomic E-state index is -0.633. The van der Waals surface area contributed by atoms with Crippen LogP contribution in [0.1, 0.15) is 93.2 Å². The highest BCUT2D eigenvalue weighted by atomic mass is 31.1. The fourth-order valence-electron chi connectivity index (χ4n) is 8.64. The van der Waals surface area contributed by atoms with Gasteiger partial charge >= 0.3 is 0 Å². The normalized spacial score (nSPS) is 36.7. The monoisotopic (exact) mass is 554 g/mol. The summed E-state index contributed by atoms with van der Waals surface area (Å²) in [4.78, 5) is 0. The lowest BCUT2D eigenvalue weighted by atomic mass is 9.51. The molecule has 2 aromatic carbocycles. The van der Waals surface area contributed by atoms with Crippen molar-refractivity contribution in [1.29, 1.82) is 0 Å². The molecule has 0 saturated carbocycles. The lowest BCUT2D eigenvalue weighted by Crippen LogP contribution is -2.84. The van der Waals surface area contributed by atoms with Crippen LogP contribution in [0.3, 0.4) is 0 Å². The summed E-state index contributed by atoms with van der Waals surface area (Å²) in [6.07, 6.45) is 3.37. The average molecular weight is 555 g/mol. The van der Waals surface area contributed by atoms with E-state index in [-0.39, 0.29) is 23.6 Å². The number of ether oxygens (including phenoxy) is 3. The van der Waals surface area contributed by atoms with Gasteiger partial charge in [-0.2, -0.15) is 0 Å². The maximum atomic E-state index is 6.99. The van der Waals surface area contributed by atoms with Gasteiger partial charge < -0.3 is 14.2 Å². The Morgan fingerprint density at radius 2 is 1.26 bits per heavy atom. The molecule has 208 valence electrons. The summed E-state index contributed by atoms with van der Waals surface area (Å²) in [6.45, 7) is 23.4. The van der Waals surface area contributed by atoms with Crippen molar-refractivity contribution in [2.75, 3.05) is 6.16 Å². The van der Waals surface area contributed by atoms with Gasteiger partial charge in [0.2, 0.25) is 0 Å². The van der Waals surface area contributed by atoms with Crippen LogP contribution in [0.5, 0.6) is 0 Å². The fraction of sp³-hybridized carbons (Fsp3) is 0.636. The molecule has 4 fully saturated rings. The fourth-order valence-corrected chi connectivity index (χ4v) is 13.3. The van der Waals surface area contributed by atoms with E-state index in [1.165, 1.54) is 22.3 Å².